The number of carbonyl (C=O) groups excluding carboxylic acids is 1. The average molecular weight is 401 g/mol. The fraction of sp³-hybridized carbons (Fsp3) is 0.286. The first-order valence-electron chi connectivity index (χ1n) is 8.93. The first kappa shape index (κ1) is 20.1. The van der Waals surface area contributed by atoms with Gasteiger partial charge in [0.05, 0.1) is 23.6 Å². The number of hydrogen-bond acceptors (Lipinski definition) is 4. The lowest BCUT2D eigenvalue weighted by Crippen LogP contribution is -2.31. The highest BCUT2D eigenvalue weighted by atomic mass is 32.2. The van der Waals surface area contributed by atoms with E-state index in [-0.39, 0.29) is 23.3 Å². The van der Waals surface area contributed by atoms with Crippen molar-refractivity contribution >= 4 is 26.9 Å². The molecule has 0 aliphatic heterocycles. The van der Waals surface area contributed by atoms with Crippen LogP contribution in [0.4, 0.5) is 0 Å². The Morgan fingerprint density at radius 3 is 2.36 bits per heavy atom. The molecule has 0 saturated carbocycles. The minimum absolute atomic E-state index is 0.0490. The normalized spacial score (nSPS) is 12.9. The predicted molar refractivity (Wildman–Crippen MR) is 108 cm³/mol. The number of hydrogen-bond donors (Lipinski definition) is 1. The highest BCUT2D eigenvalue weighted by molar-refractivity contribution is 7.89. The van der Waals surface area contributed by atoms with Crippen molar-refractivity contribution in [2.45, 2.75) is 38.1 Å². The summed E-state index contributed by atoms with van der Waals surface area (Å²) in [5.41, 5.74) is 4.76. The average Bonchev–Trinajstić information content (AvgIpc) is 3.01. The molecule has 0 radical (unpaired) electrons. The lowest BCUT2D eigenvalue weighted by molar-refractivity contribution is -0.131. The number of rotatable bonds is 5. The molecule has 1 unspecified atom stereocenters. The molecule has 0 saturated heterocycles. The Kier molecular flexibility index (Phi) is 5.32. The molecule has 6 nitrogen and oxygen atoms in total. The molecule has 7 heteroatoms. The number of nitrogens with zero attached hydrogens (tertiary/aromatic N) is 1. The number of sulfonamides is 1. The molecular weight excluding hydrogens is 376 g/mol. The van der Waals surface area contributed by atoms with Crippen LogP contribution in [-0.2, 0) is 21.2 Å². The van der Waals surface area contributed by atoms with Crippen LogP contribution in [0.3, 0.4) is 0 Å². The summed E-state index contributed by atoms with van der Waals surface area (Å²) in [5.74, 6) is -0.0519. The summed E-state index contributed by atoms with van der Waals surface area (Å²) >= 11 is 0. The monoisotopic (exact) mass is 400 g/mol. The lowest BCUT2D eigenvalue weighted by Gasteiger charge is -2.25. The van der Waals surface area contributed by atoms with Gasteiger partial charge >= 0.3 is 0 Å². The van der Waals surface area contributed by atoms with Gasteiger partial charge in [-0.1, -0.05) is 12.1 Å². The Morgan fingerprint density at radius 2 is 1.75 bits per heavy atom. The number of primary sulfonamides is 1. The van der Waals surface area contributed by atoms with E-state index in [2.05, 4.69) is 0 Å². The number of carbonyl (C=O) groups is 1. The van der Waals surface area contributed by atoms with Crippen molar-refractivity contribution in [2.24, 2.45) is 5.14 Å². The Labute approximate surface area is 165 Å². The third-order valence-electron chi connectivity index (χ3n) is 5.28. The fourth-order valence-corrected chi connectivity index (χ4v) is 3.65. The number of aryl methyl sites for hydroxylation is 2. The van der Waals surface area contributed by atoms with Gasteiger partial charge in [0.2, 0.25) is 15.9 Å². The van der Waals surface area contributed by atoms with Gasteiger partial charge in [-0.15, -0.1) is 0 Å². The van der Waals surface area contributed by atoms with Gasteiger partial charge in [0.25, 0.3) is 0 Å². The smallest absolute Gasteiger partial charge is 0.238 e. The van der Waals surface area contributed by atoms with Crippen molar-refractivity contribution in [3.05, 3.63) is 64.9 Å². The highest BCUT2D eigenvalue weighted by Gasteiger charge is 2.20. The van der Waals surface area contributed by atoms with Gasteiger partial charge < -0.3 is 9.32 Å². The Hall–Kier alpha value is -2.64. The molecule has 2 aromatic carbocycles. The quantitative estimate of drug-likeness (QED) is 0.710. The summed E-state index contributed by atoms with van der Waals surface area (Å²) in [5, 5.41) is 6.08. The van der Waals surface area contributed by atoms with Crippen LogP contribution in [0.5, 0.6) is 0 Å². The fourth-order valence-electron chi connectivity index (χ4n) is 3.14. The SMILES string of the molecule is Cc1cc2occ(CC(=O)N(C)C(C)c3ccc(S(N)(=O)=O)cc3)c2cc1C. The maximum atomic E-state index is 12.8. The van der Waals surface area contributed by atoms with Crippen LogP contribution in [0.15, 0.2) is 52.0 Å². The summed E-state index contributed by atoms with van der Waals surface area (Å²) in [6, 6.07) is 10.1. The van der Waals surface area contributed by atoms with E-state index in [1.54, 1.807) is 30.3 Å². The maximum Gasteiger partial charge on any atom is 0.238 e. The molecule has 0 fully saturated rings. The topological polar surface area (TPSA) is 93.6 Å². The molecular formula is C21H24N2O4S. The minimum Gasteiger partial charge on any atom is -0.464 e. The van der Waals surface area contributed by atoms with E-state index < -0.39 is 10.0 Å². The minimum atomic E-state index is -3.73. The van der Waals surface area contributed by atoms with Crippen LogP contribution in [0.1, 0.15) is 35.2 Å². The number of fused-ring (bicyclic) bond motifs is 1. The highest BCUT2D eigenvalue weighted by Crippen LogP contribution is 2.27. The van der Waals surface area contributed by atoms with Gasteiger partial charge in [-0.05, 0) is 61.7 Å². The first-order chi connectivity index (χ1) is 13.1. The molecule has 1 atom stereocenters. The van der Waals surface area contributed by atoms with Crippen molar-refractivity contribution in [2.75, 3.05) is 7.05 Å². The van der Waals surface area contributed by atoms with Crippen LogP contribution in [0.2, 0.25) is 0 Å². The molecule has 148 valence electrons. The second-order valence-corrected chi connectivity index (χ2v) is 8.73. The molecule has 0 aliphatic rings. The number of nitrogens with two attached hydrogens (primary N) is 1. The van der Waals surface area contributed by atoms with E-state index in [1.165, 1.54) is 12.1 Å². The Balaban J connectivity index is 1.78. The number of likely N-dealkylation sites (N-methyl/N-ethyl adjacent to an activating group) is 1. The Bertz CT molecular complexity index is 1130. The van der Waals surface area contributed by atoms with Crippen molar-refractivity contribution in [3.63, 3.8) is 0 Å². The zero-order valence-corrected chi connectivity index (χ0v) is 17.2. The summed E-state index contributed by atoms with van der Waals surface area (Å²) in [6.45, 7) is 5.95. The molecule has 0 bridgehead atoms. The van der Waals surface area contributed by atoms with Gasteiger partial charge in [0, 0.05) is 18.0 Å². The molecule has 28 heavy (non-hydrogen) atoms. The number of benzene rings is 2. The van der Waals surface area contributed by atoms with Crippen molar-refractivity contribution in [1.82, 2.24) is 4.90 Å². The van der Waals surface area contributed by atoms with E-state index in [9.17, 15) is 13.2 Å². The van der Waals surface area contributed by atoms with Gasteiger partial charge in [0.15, 0.2) is 0 Å². The lowest BCUT2D eigenvalue weighted by atomic mass is 10.0. The van der Waals surface area contributed by atoms with Crippen LogP contribution < -0.4 is 5.14 Å². The first-order valence-corrected chi connectivity index (χ1v) is 10.5. The van der Waals surface area contributed by atoms with Crippen molar-refractivity contribution < 1.29 is 17.6 Å². The van der Waals surface area contributed by atoms with E-state index in [0.29, 0.717) is 0 Å². The van der Waals surface area contributed by atoms with Crippen molar-refractivity contribution in [3.8, 4) is 0 Å². The largest absolute Gasteiger partial charge is 0.464 e. The van der Waals surface area contributed by atoms with Gasteiger partial charge in [-0.3, -0.25) is 4.79 Å². The summed E-state index contributed by atoms with van der Waals surface area (Å²) < 4.78 is 28.4. The van der Waals surface area contributed by atoms with Crippen LogP contribution in [0, 0.1) is 13.8 Å². The molecule has 1 aromatic heterocycles. The molecule has 3 aromatic rings. The Morgan fingerprint density at radius 1 is 1.14 bits per heavy atom. The van der Waals surface area contributed by atoms with E-state index in [0.717, 1.165) is 33.2 Å². The van der Waals surface area contributed by atoms with Crippen molar-refractivity contribution in [1.29, 1.82) is 0 Å². The molecule has 1 heterocycles. The third-order valence-corrected chi connectivity index (χ3v) is 6.21. The molecule has 3 rings (SSSR count). The van der Waals surface area contributed by atoms with Gasteiger partial charge in [-0.25, -0.2) is 13.6 Å². The number of amides is 1. The zero-order valence-electron chi connectivity index (χ0n) is 16.4. The molecule has 0 aliphatic carbocycles. The third kappa shape index (κ3) is 3.95. The van der Waals surface area contributed by atoms with E-state index in [4.69, 9.17) is 9.56 Å². The zero-order chi connectivity index (χ0) is 20.6. The second-order valence-electron chi connectivity index (χ2n) is 7.17. The number of furan rings is 1. The molecule has 2 N–H and O–H groups in total. The van der Waals surface area contributed by atoms with Gasteiger partial charge in [0.1, 0.15) is 5.58 Å². The van der Waals surface area contributed by atoms with Crippen LogP contribution in [-0.4, -0.2) is 26.3 Å². The van der Waals surface area contributed by atoms with E-state index in [1.807, 2.05) is 32.9 Å². The maximum absolute atomic E-state index is 12.8. The van der Waals surface area contributed by atoms with Crippen LogP contribution in [0.25, 0.3) is 11.0 Å². The van der Waals surface area contributed by atoms with Gasteiger partial charge in [-0.2, -0.15) is 0 Å². The summed E-state index contributed by atoms with van der Waals surface area (Å²) in [7, 11) is -2.00. The standard InChI is InChI=1S/C21H24N2O4S/c1-13-9-19-17(12-27-20(19)10-14(13)2)11-21(24)23(4)15(3)16-5-7-18(8-6-16)28(22,25)26/h5-10,12,15H,11H2,1-4H3,(H2,22,25,26). The predicted octanol–water partition coefficient (Wildman–Crippen LogP) is 3.46. The second kappa shape index (κ2) is 7.41. The summed E-state index contributed by atoms with van der Waals surface area (Å²) in [6.07, 6.45) is 1.87. The molecule has 1 amide bonds. The molecule has 0 spiro atoms. The van der Waals surface area contributed by atoms with E-state index >= 15 is 0 Å². The van der Waals surface area contributed by atoms with Crippen LogP contribution >= 0.6 is 0 Å². The summed E-state index contributed by atoms with van der Waals surface area (Å²) in [4.78, 5) is 14.5.